The third kappa shape index (κ3) is 6.54. The van der Waals surface area contributed by atoms with Gasteiger partial charge in [-0.3, -0.25) is 0 Å². The maximum atomic E-state index is 9.84. The number of carboxylic acid groups (broad SMARTS) is 1. The molecule has 0 aromatic heterocycles. The lowest BCUT2D eigenvalue weighted by Gasteiger charge is -2.04. The molecule has 0 aromatic carbocycles. The lowest BCUT2D eigenvalue weighted by Crippen LogP contribution is -2.44. The van der Waals surface area contributed by atoms with Crippen LogP contribution in [-0.4, -0.2) is 18.8 Å². The smallest absolute Gasteiger partial charge is 0.313 e. The Labute approximate surface area is 51.0 Å². The minimum atomic E-state index is -1.45. The van der Waals surface area contributed by atoms with E-state index in [9.17, 15) is 14.7 Å². The summed E-state index contributed by atoms with van der Waals surface area (Å²) in [5, 5.41) is 13.3. The maximum Gasteiger partial charge on any atom is 0.313 e. The number of rotatable bonds is 2. The Balaban J connectivity index is 3.10. The van der Waals surface area contributed by atoms with Crippen molar-refractivity contribution in [3.8, 4) is 0 Å². The van der Waals surface area contributed by atoms with Crippen LogP contribution < -0.4 is 21.5 Å². The fourth-order valence-corrected chi connectivity index (χ4v) is 0.203. The van der Waals surface area contributed by atoms with Crippen molar-refractivity contribution in [3.05, 3.63) is 0 Å². The van der Waals surface area contributed by atoms with Crippen molar-refractivity contribution in [2.45, 2.75) is 0 Å². The minimum absolute atomic E-state index is 0.225. The molecular formula is C3H6N3O3-. The predicted molar refractivity (Wildman–Crippen MR) is 26.1 cm³/mol. The zero-order chi connectivity index (χ0) is 7.28. The second-order valence-electron chi connectivity index (χ2n) is 1.18. The molecule has 0 saturated heterocycles. The number of amides is 3. The Morgan fingerprint density at radius 2 is 2.00 bits per heavy atom. The van der Waals surface area contributed by atoms with Crippen LogP contribution >= 0.6 is 0 Å². The standard InChI is InChI=1S/C3H7N3O3/c4-2(7)5-1-6-3(8)9/h6H,1H2,(H,8,9)(H3,4,5,7)/p-1. The van der Waals surface area contributed by atoms with Crippen LogP contribution in [-0.2, 0) is 0 Å². The van der Waals surface area contributed by atoms with Crippen molar-refractivity contribution in [1.29, 1.82) is 0 Å². The third-order valence-corrected chi connectivity index (χ3v) is 0.495. The first-order chi connectivity index (χ1) is 4.13. The lowest BCUT2D eigenvalue weighted by molar-refractivity contribution is -0.250. The molecule has 0 atom stereocenters. The van der Waals surface area contributed by atoms with Gasteiger partial charge >= 0.3 is 6.03 Å². The molecule has 0 radical (unpaired) electrons. The van der Waals surface area contributed by atoms with E-state index in [1.54, 1.807) is 5.32 Å². The van der Waals surface area contributed by atoms with Crippen LogP contribution in [0.5, 0.6) is 0 Å². The molecule has 0 aliphatic carbocycles. The number of nitrogens with two attached hydrogens (primary N) is 1. The first-order valence-electron chi connectivity index (χ1n) is 2.11. The van der Waals surface area contributed by atoms with E-state index in [0.29, 0.717) is 0 Å². The molecule has 0 aliphatic heterocycles. The summed E-state index contributed by atoms with van der Waals surface area (Å²) in [6, 6.07) is -0.788. The Bertz CT molecular complexity index is 109. The van der Waals surface area contributed by atoms with Gasteiger partial charge in [-0.2, -0.15) is 0 Å². The molecule has 0 aromatic rings. The average molecular weight is 132 g/mol. The van der Waals surface area contributed by atoms with Crippen LogP contribution in [0.3, 0.4) is 0 Å². The first-order valence-corrected chi connectivity index (χ1v) is 2.11. The zero-order valence-corrected chi connectivity index (χ0v) is 4.51. The van der Waals surface area contributed by atoms with Crippen molar-refractivity contribution in [2.24, 2.45) is 5.73 Å². The summed E-state index contributed by atoms with van der Waals surface area (Å²) in [6.07, 6.45) is -1.45. The van der Waals surface area contributed by atoms with Gasteiger partial charge in [0.05, 0.1) is 6.67 Å². The van der Waals surface area contributed by atoms with Crippen LogP contribution in [0.25, 0.3) is 0 Å². The fourth-order valence-electron chi connectivity index (χ4n) is 0.203. The monoisotopic (exact) mass is 132 g/mol. The van der Waals surface area contributed by atoms with Gasteiger partial charge in [0.2, 0.25) is 0 Å². The summed E-state index contributed by atoms with van der Waals surface area (Å²) in [6.45, 7) is -0.225. The van der Waals surface area contributed by atoms with E-state index >= 15 is 0 Å². The summed E-state index contributed by atoms with van der Waals surface area (Å²) in [4.78, 5) is 19.4. The molecule has 0 fully saturated rings. The normalized spacial score (nSPS) is 8.00. The molecule has 0 aliphatic rings. The SMILES string of the molecule is NC(=O)NCNC(=O)[O-]. The van der Waals surface area contributed by atoms with Crippen molar-refractivity contribution >= 4 is 12.1 Å². The molecule has 6 nitrogen and oxygen atoms in total. The summed E-state index contributed by atoms with van der Waals surface area (Å²) < 4.78 is 0. The Morgan fingerprint density at radius 3 is 2.33 bits per heavy atom. The number of carbonyl (C=O) groups is 2. The van der Waals surface area contributed by atoms with E-state index in [1.165, 1.54) is 0 Å². The summed E-state index contributed by atoms with van der Waals surface area (Å²) >= 11 is 0. The van der Waals surface area contributed by atoms with E-state index in [1.807, 2.05) is 5.32 Å². The molecular weight excluding hydrogens is 126 g/mol. The van der Waals surface area contributed by atoms with Crippen LogP contribution in [0.15, 0.2) is 0 Å². The van der Waals surface area contributed by atoms with E-state index in [-0.39, 0.29) is 6.67 Å². The Kier molecular flexibility index (Phi) is 2.96. The van der Waals surface area contributed by atoms with Crippen molar-refractivity contribution < 1.29 is 14.7 Å². The van der Waals surface area contributed by atoms with Crippen molar-refractivity contribution in [1.82, 2.24) is 10.6 Å². The van der Waals surface area contributed by atoms with Gasteiger partial charge in [0.25, 0.3) is 0 Å². The van der Waals surface area contributed by atoms with E-state index in [0.717, 1.165) is 0 Å². The number of urea groups is 1. The summed E-state index contributed by atoms with van der Waals surface area (Å²) in [7, 11) is 0. The highest BCUT2D eigenvalue weighted by molar-refractivity contribution is 5.72. The maximum absolute atomic E-state index is 9.84. The average Bonchev–Trinajstić information content (AvgIpc) is 1.63. The molecule has 3 amide bonds. The lowest BCUT2D eigenvalue weighted by atomic mass is 10.9. The summed E-state index contributed by atoms with van der Waals surface area (Å²) in [5.41, 5.74) is 4.58. The number of carbonyl (C=O) groups excluding carboxylic acids is 2. The highest BCUT2D eigenvalue weighted by Crippen LogP contribution is 1.52. The Hall–Kier alpha value is -1.46. The highest BCUT2D eigenvalue weighted by Gasteiger charge is 1.86. The second kappa shape index (κ2) is 3.53. The van der Waals surface area contributed by atoms with Crippen molar-refractivity contribution in [3.63, 3.8) is 0 Å². The number of primary amides is 1. The quantitative estimate of drug-likeness (QED) is 0.363. The van der Waals surface area contributed by atoms with Gasteiger partial charge < -0.3 is 26.3 Å². The fraction of sp³-hybridized carbons (Fsp3) is 0.333. The zero-order valence-electron chi connectivity index (χ0n) is 4.51. The molecule has 52 valence electrons. The largest absolute Gasteiger partial charge is 0.530 e. The molecule has 0 spiro atoms. The highest BCUT2D eigenvalue weighted by atomic mass is 16.4. The predicted octanol–water partition coefficient (Wildman–Crippen LogP) is -2.45. The molecule has 0 saturated carbocycles. The topological polar surface area (TPSA) is 107 Å². The minimum Gasteiger partial charge on any atom is -0.530 e. The van der Waals surface area contributed by atoms with Gasteiger partial charge in [0.1, 0.15) is 6.09 Å². The van der Waals surface area contributed by atoms with Gasteiger partial charge in [-0.15, -0.1) is 0 Å². The van der Waals surface area contributed by atoms with Crippen LogP contribution in [0.4, 0.5) is 9.59 Å². The molecule has 0 unspecified atom stereocenters. The molecule has 9 heavy (non-hydrogen) atoms. The molecule has 0 bridgehead atoms. The van der Waals surface area contributed by atoms with E-state index in [4.69, 9.17) is 0 Å². The van der Waals surface area contributed by atoms with E-state index in [2.05, 4.69) is 5.73 Å². The Morgan fingerprint density at radius 1 is 1.44 bits per heavy atom. The van der Waals surface area contributed by atoms with Crippen molar-refractivity contribution in [2.75, 3.05) is 6.67 Å². The van der Waals surface area contributed by atoms with Gasteiger partial charge in [-0.1, -0.05) is 0 Å². The van der Waals surface area contributed by atoms with Gasteiger partial charge in [-0.05, 0) is 0 Å². The number of hydrogen-bond donors (Lipinski definition) is 3. The molecule has 4 N–H and O–H groups in total. The van der Waals surface area contributed by atoms with Gasteiger partial charge in [0.15, 0.2) is 0 Å². The summed E-state index contributed by atoms with van der Waals surface area (Å²) in [5.74, 6) is 0. The van der Waals surface area contributed by atoms with E-state index < -0.39 is 12.1 Å². The molecule has 0 heterocycles. The number of hydrogen-bond acceptors (Lipinski definition) is 3. The number of nitrogens with one attached hydrogen (secondary N) is 2. The molecule has 0 rings (SSSR count). The van der Waals surface area contributed by atoms with Crippen LogP contribution in [0.2, 0.25) is 0 Å². The van der Waals surface area contributed by atoms with Gasteiger partial charge in [-0.25, -0.2) is 4.79 Å². The second-order valence-corrected chi connectivity index (χ2v) is 1.18. The molecule has 6 heteroatoms. The third-order valence-electron chi connectivity index (χ3n) is 0.495. The van der Waals surface area contributed by atoms with Crippen LogP contribution in [0.1, 0.15) is 0 Å². The van der Waals surface area contributed by atoms with Gasteiger partial charge in [0, 0.05) is 0 Å². The van der Waals surface area contributed by atoms with Crippen LogP contribution in [0, 0.1) is 0 Å². The first kappa shape index (κ1) is 7.54.